The van der Waals surface area contributed by atoms with Gasteiger partial charge in [0, 0.05) is 12.6 Å². The number of rotatable bonds is 7. The van der Waals surface area contributed by atoms with Crippen molar-refractivity contribution in [1.29, 1.82) is 0 Å². The summed E-state index contributed by atoms with van der Waals surface area (Å²) in [7, 11) is 1.09. The SMILES string of the molecule is CCCCn1nnnc1Cn1cc([N+](=O)[O-])cc(C(=O)OC)c1=O. The summed E-state index contributed by atoms with van der Waals surface area (Å²) in [6.07, 6.45) is 2.82. The van der Waals surface area contributed by atoms with E-state index in [1.165, 1.54) is 4.68 Å². The molecule has 2 aromatic rings. The van der Waals surface area contributed by atoms with Crippen molar-refractivity contribution in [2.24, 2.45) is 0 Å². The van der Waals surface area contributed by atoms with Gasteiger partial charge in [-0.25, -0.2) is 9.48 Å². The van der Waals surface area contributed by atoms with Crippen molar-refractivity contribution in [2.75, 3.05) is 7.11 Å². The first-order valence-electron chi connectivity index (χ1n) is 7.20. The first-order chi connectivity index (χ1) is 11.5. The third-order valence-corrected chi connectivity index (χ3v) is 3.33. The molecule has 0 saturated carbocycles. The minimum Gasteiger partial charge on any atom is -0.465 e. The molecule has 128 valence electrons. The molecule has 0 aliphatic carbocycles. The lowest BCUT2D eigenvalue weighted by Crippen LogP contribution is -2.28. The number of hydrogen-bond donors (Lipinski definition) is 0. The number of unbranched alkanes of at least 4 members (excludes halogenated alkanes) is 1. The maximum Gasteiger partial charge on any atom is 0.343 e. The molecular formula is C13H16N6O5. The van der Waals surface area contributed by atoms with Crippen molar-refractivity contribution in [3.05, 3.63) is 44.1 Å². The van der Waals surface area contributed by atoms with E-state index in [-0.39, 0.29) is 6.54 Å². The molecule has 2 aromatic heterocycles. The predicted molar refractivity (Wildman–Crippen MR) is 80.5 cm³/mol. The molecule has 2 heterocycles. The monoisotopic (exact) mass is 336 g/mol. The van der Waals surface area contributed by atoms with Crippen molar-refractivity contribution in [3.63, 3.8) is 0 Å². The Balaban J connectivity index is 2.44. The zero-order chi connectivity index (χ0) is 17.7. The minimum atomic E-state index is -0.942. The van der Waals surface area contributed by atoms with E-state index in [1.807, 2.05) is 6.92 Å². The summed E-state index contributed by atoms with van der Waals surface area (Å²) in [4.78, 5) is 34.4. The van der Waals surface area contributed by atoms with Crippen LogP contribution in [0.1, 0.15) is 35.9 Å². The third-order valence-electron chi connectivity index (χ3n) is 3.33. The van der Waals surface area contributed by atoms with Crippen LogP contribution in [-0.4, -0.2) is 42.8 Å². The molecule has 0 aliphatic heterocycles. The maximum absolute atomic E-state index is 12.4. The topological polar surface area (TPSA) is 135 Å². The highest BCUT2D eigenvalue weighted by Crippen LogP contribution is 2.12. The van der Waals surface area contributed by atoms with Crippen LogP contribution in [0.15, 0.2) is 17.1 Å². The molecular weight excluding hydrogens is 320 g/mol. The summed E-state index contributed by atoms with van der Waals surface area (Å²) >= 11 is 0. The Hall–Kier alpha value is -3.11. The largest absolute Gasteiger partial charge is 0.465 e. The van der Waals surface area contributed by atoms with Crippen LogP contribution in [0, 0.1) is 10.1 Å². The number of ether oxygens (including phenoxy) is 1. The Labute approximate surface area is 136 Å². The number of esters is 1. The van der Waals surface area contributed by atoms with E-state index in [1.54, 1.807) is 0 Å². The highest BCUT2D eigenvalue weighted by molar-refractivity contribution is 5.89. The molecule has 0 aromatic carbocycles. The van der Waals surface area contributed by atoms with Crippen LogP contribution in [0.4, 0.5) is 5.69 Å². The smallest absolute Gasteiger partial charge is 0.343 e. The quantitative estimate of drug-likeness (QED) is 0.402. The van der Waals surface area contributed by atoms with Crippen molar-refractivity contribution < 1.29 is 14.5 Å². The van der Waals surface area contributed by atoms with Crippen molar-refractivity contribution >= 4 is 11.7 Å². The standard InChI is InChI=1S/C13H16N6O5/c1-3-4-5-18-11(14-15-16-18)8-17-7-9(19(22)23)6-10(12(17)20)13(21)24-2/h6-7H,3-5,8H2,1-2H3. The van der Waals surface area contributed by atoms with E-state index in [0.717, 1.165) is 36.8 Å². The Morgan fingerprint density at radius 2 is 2.21 bits per heavy atom. The summed E-state index contributed by atoms with van der Waals surface area (Å²) < 4.78 is 7.05. The van der Waals surface area contributed by atoms with Crippen LogP contribution >= 0.6 is 0 Å². The van der Waals surface area contributed by atoms with Crippen molar-refractivity contribution in [3.8, 4) is 0 Å². The number of methoxy groups -OCH3 is 1. The summed E-state index contributed by atoms with van der Waals surface area (Å²) in [5, 5.41) is 22.2. The zero-order valence-corrected chi connectivity index (χ0v) is 13.2. The van der Waals surface area contributed by atoms with Crippen molar-refractivity contribution in [2.45, 2.75) is 32.9 Å². The third kappa shape index (κ3) is 3.62. The zero-order valence-electron chi connectivity index (χ0n) is 13.2. The second-order valence-corrected chi connectivity index (χ2v) is 4.97. The molecule has 0 bridgehead atoms. The second-order valence-electron chi connectivity index (χ2n) is 4.97. The number of pyridine rings is 1. The second kappa shape index (κ2) is 7.44. The van der Waals surface area contributed by atoms with Crippen LogP contribution in [-0.2, 0) is 17.8 Å². The molecule has 0 amide bonds. The Morgan fingerprint density at radius 1 is 1.46 bits per heavy atom. The van der Waals surface area contributed by atoms with Gasteiger partial charge in [-0.1, -0.05) is 13.3 Å². The van der Waals surface area contributed by atoms with Gasteiger partial charge in [0.2, 0.25) is 0 Å². The van der Waals surface area contributed by atoms with E-state index in [0.29, 0.717) is 12.4 Å². The van der Waals surface area contributed by atoms with E-state index < -0.39 is 27.7 Å². The predicted octanol–water partition coefficient (Wildman–Crippen LogP) is 0.378. The molecule has 0 atom stereocenters. The molecule has 24 heavy (non-hydrogen) atoms. The number of aromatic nitrogens is 5. The first-order valence-corrected chi connectivity index (χ1v) is 7.20. The van der Waals surface area contributed by atoms with Crippen molar-refractivity contribution in [1.82, 2.24) is 24.8 Å². The molecule has 0 saturated heterocycles. The molecule has 0 radical (unpaired) electrons. The molecule has 0 aliphatic rings. The van der Waals surface area contributed by atoms with Gasteiger partial charge in [0.25, 0.3) is 11.2 Å². The van der Waals surface area contributed by atoms with Gasteiger partial charge in [-0.3, -0.25) is 14.9 Å². The molecule has 11 nitrogen and oxygen atoms in total. The van der Waals surface area contributed by atoms with Crippen LogP contribution in [0.25, 0.3) is 0 Å². The molecule has 0 spiro atoms. The summed E-state index contributed by atoms with van der Waals surface area (Å²) in [6.45, 7) is 2.48. The fourth-order valence-electron chi connectivity index (χ4n) is 2.06. The number of nitrogens with zero attached hydrogens (tertiary/aromatic N) is 6. The lowest BCUT2D eigenvalue weighted by molar-refractivity contribution is -0.385. The highest BCUT2D eigenvalue weighted by atomic mass is 16.6. The van der Waals surface area contributed by atoms with Gasteiger partial charge in [0.15, 0.2) is 5.82 Å². The van der Waals surface area contributed by atoms with E-state index in [9.17, 15) is 19.7 Å². The molecule has 0 fully saturated rings. The summed E-state index contributed by atoms with van der Waals surface area (Å²) in [6, 6.07) is 0.894. The van der Waals surface area contributed by atoms with E-state index in [4.69, 9.17) is 0 Å². The number of tetrazole rings is 1. The van der Waals surface area contributed by atoms with Gasteiger partial charge in [-0.15, -0.1) is 5.10 Å². The van der Waals surface area contributed by atoms with Gasteiger partial charge in [-0.05, 0) is 16.8 Å². The van der Waals surface area contributed by atoms with Gasteiger partial charge in [0.05, 0.1) is 24.8 Å². The average molecular weight is 336 g/mol. The number of hydrogen-bond acceptors (Lipinski definition) is 8. The van der Waals surface area contributed by atoms with Gasteiger partial charge >= 0.3 is 5.97 Å². The number of nitro groups is 1. The van der Waals surface area contributed by atoms with Crippen LogP contribution < -0.4 is 5.56 Å². The van der Waals surface area contributed by atoms with E-state index in [2.05, 4.69) is 20.3 Å². The number of carbonyl (C=O) groups is 1. The van der Waals surface area contributed by atoms with Gasteiger partial charge < -0.3 is 9.30 Å². The Kier molecular flexibility index (Phi) is 5.35. The Bertz CT molecular complexity index is 811. The first kappa shape index (κ1) is 17.2. The molecule has 0 unspecified atom stereocenters. The number of aryl methyl sites for hydroxylation is 1. The normalized spacial score (nSPS) is 10.6. The molecule has 0 N–H and O–H groups in total. The summed E-state index contributed by atoms with van der Waals surface area (Å²) in [5.74, 6) is -0.579. The minimum absolute atomic E-state index is 0.0960. The highest BCUT2D eigenvalue weighted by Gasteiger charge is 2.20. The van der Waals surface area contributed by atoms with E-state index >= 15 is 0 Å². The fourth-order valence-corrected chi connectivity index (χ4v) is 2.06. The summed E-state index contributed by atoms with van der Waals surface area (Å²) in [5.41, 5.74) is -1.53. The maximum atomic E-state index is 12.4. The van der Waals surface area contributed by atoms with Gasteiger partial charge in [0.1, 0.15) is 5.56 Å². The number of carbonyl (C=O) groups excluding carboxylic acids is 1. The van der Waals surface area contributed by atoms with Crippen LogP contribution in [0.3, 0.4) is 0 Å². The van der Waals surface area contributed by atoms with Crippen LogP contribution in [0.5, 0.6) is 0 Å². The Morgan fingerprint density at radius 3 is 2.83 bits per heavy atom. The molecule has 2 rings (SSSR count). The lowest BCUT2D eigenvalue weighted by Gasteiger charge is -2.08. The lowest BCUT2D eigenvalue weighted by atomic mass is 10.2. The van der Waals surface area contributed by atoms with Crippen LogP contribution in [0.2, 0.25) is 0 Å². The molecule has 11 heteroatoms. The fraction of sp³-hybridized carbons (Fsp3) is 0.462. The van der Waals surface area contributed by atoms with Gasteiger partial charge in [-0.2, -0.15) is 0 Å². The average Bonchev–Trinajstić information content (AvgIpc) is 3.00.